The third-order valence-electron chi connectivity index (χ3n) is 5.62. The van der Waals surface area contributed by atoms with E-state index in [4.69, 9.17) is 0 Å². The van der Waals surface area contributed by atoms with Crippen molar-refractivity contribution in [2.45, 2.75) is 44.1 Å². The molecule has 0 atom stereocenters. The lowest BCUT2D eigenvalue weighted by Crippen LogP contribution is -2.58. The number of aliphatic hydroxyl groups is 1. The molecule has 0 radical (unpaired) electrons. The fraction of sp³-hybridized carbons (Fsp3) is 0.733. The van der Waals surface area contributed by atoms with Crippen LogP contribution in [0.5, 0.6) is 0 Å². The summed E-state index contributed by atoms with van der Waals surface area (Å²) in [4.78, 5) is 0. The minimum Gasteiger partial charge on any atom is -0.389 e. The molecule has 4 bridgehead atoms. The van der Waals surface area contributed by atoms with Crippen LogP contribution in [-0.4, -0.2) is 10.7 Å². The zero-order chi connectivity index (χ0) is 11.5. The van der Waals surface area contributed by atoms with E-state index in [1.807, 2.05) is 0 Å². The molecule has 1 aromatic heterocycles. The predicted molar refractivity (Wildman–Crippen MR) is 70.0 cm³/mol. The highest BCUT2D eigenvalue weighted by Crippen LogP contribution is 2.59. The summed E-state index contributed by atoms with van der Waals surface area (Å²) in [6.07, 6.45) is 7.56. The monoisotopic (exact) mass is 248 g/mol. The Morgan fingerprint density at radius 1 is 1.12 bits per heavy atom. The first-order valence-electron chi connectivity index (χ1n) is 6.97. The van der Waals surface area contributed by atoms with Crippen LogP contribution in [0.2, 0.25) is 0 Å². The third kappa shape index (κ3) is 1.53. The van der Waals surface area contributed by atoms with Gasteiger partial charge in [0.1, 0.15) is 0 Å². The second-order valence-corrected chi connectivity index (χ2v) is 7.38. The van der Waals surface area contributed by atoms with Crippen molar-refractivity contribution < 1.29 is 5.11 Å². The van der Waals surface area contributed by atoms with E-state index in [0.717, 1.165) is 18.3 Å². The van der Waals surface area contributed by atoms with Gasteiger partial charge in [0, 0.05) is 6.42 Å². The molecule has 5 rings (SSSR count). The van der Waals surface area contributed by atoms with Gasteiger partial charge in [0.25, 0.3) is 0 Å². The van der Waals surface area contributed by atoms with Crippen LogP contribution in [0.4, 0.5) is 0 Å². The van der Waals surface area contributed by atoms with Gasteiger partial charge >= 0.3 is 0 Å². The molecule has 4 fully saturated rings. The molecule has 0 aliphatic heterocycles. The fourth-order valence-electron chi connectivity index (χ4n) is 5.01. The Morgan fingerprint density at radius 3 is 2.29 bits per heavy atom. The van der Waals surface area contributed by atoms with Crippen LogP contribution in [0.3, 0.4) is 0 Å². The van der Waals surface area contributed by atoms with Gasteiger partial charge in [-0.2, -0.15) is 11.3 Å². The van der Waals surface area contributed by atoms with Gasteiger partial charge in [-0.05, 0) is 78.2 Å². The quantitative estimate of drug-likeness (QED) is 0.849. The van der Waals surface area contributed by atoms with Gasteiger partial charge in [-0.3, -0.25) is 0 Å². The third-order valence-corrected chi connectivity index (χ3v) is 6.35. The van der Waals surface area contributed by atoms with Crippen LogP contribution >= 0.6 is 11.3 Å². The maximum Gasteiger partial charge on any atom is 0.0744 e. The molecule has 1 N–H and O–H groups in total. The Kier molecular flexibility index (Phi) is 2.23. The molecule has 1 aromatic rings. The number of hydrogen-bond donors (Lipinski definition) is 1. The predicted octanol–water partition coefficient (Wildman–Crippen LogP) is 3.48. The van der Waals surface area contributed by atoms with Crippen molar-refractivity contribution in [2.24, 2.45) is 23.7 Å². The molecule has 4 aliphatic carbocycles. The lowest BCUT2D eigenvalue weighted by Gasteiger charge is -2.59. The van der Waals surface area contributed by atoms with Gasteiger partial charge in [0.15, 0.2) is 0 Å². The van der Waals surface area contributed by atoms with Crippen molar-refractivity contribution in [3.8, 4) is 0 Å². The Bertz CT molecular complexity index is 381. The van der Waals surface area contributed by atoms with Gasteiger partial charge in [0.05, 0.1) is 5.60 Å². The van der Waals surface area contributed by atoms with E-state index in [1.54, 1.807) is 11.3 Å². The van der Waals surface area contributed by atoms with Gasteiger partial charge in [-0.25, -0.2) is 0 Å². The summed E-state index contributed by atoms with van der Waals surface area (Å²) in [6.45, 7) is 0. The minimum atomic E-state index is -0.367. The van der Waals surface area contributed by atoms with Crippen LogP contribution in [0.1, 0.15) is 37.7 Å². The van der Waals surface area contributed by atoms with E-state index < -0.39 is 0 Å². The van der Waals surface area contributed by atoms with Gasteiger partial charge in [-0.1, -0.05) is 0 Å². The van der Waals surface area contributed by atoms with Gasteiger partial charge < -0.3 is 5.11 Å². The molecular weight excluding hydrogens is 228 g/mol. The molecule has 1 heterocycles. The maximum absolute atomic E-state index is 11.2. The van der Waals surface area contributed by atoms with E-state index in [2.05, 4.69) is 16.8 Å². The van der Waals surface area contributed by atoms with E-state index in [1.165, 1.54) is 37.7 Å². The molecule has 1 nitrogen and oxygen atoms in total. The van der Waals surface area contributed by atoms with Crippen molar-refractivity contribution in [2.75, 3.05) is 0 Å². The molecule has 0 amide bonds. The van der Waals surface area contributed by atoms with E-state index in [0.29, 0.717) is 11.8 Å². The van der Waals surface area contributed by atoms with Crippen molar-refractivity contribution in [1.29, 1.82) is 0 Å². The summed E-state index contributed by atoms with van der Waals surface area (Å²) in [7, 11) is 0. The molecule has 0 spiro atoms. The average Bonchev–Trinajstić information content (AvgIpc) is 2.78. The van der Waals surface area contributed by atoms with Crippen LogP contribution in [0.25, 0.3) is 0 Å². The molecular formula is C15H20OS. The highest BCUT2D eigenvalue weighted by molar-refractivity contribution is 7.07. The zero-order valence-electron chi connectivity index (χ0n) is 10.1. The smallest absolute Gasteiger partial charge is 0.0744 e. The van der Waals surface area contributed by atoms with Crippen molar-refractivity contribution >= 4 is 11.3 Å². The Morgan fingerprint density at radius 2 is 1.76 bits per heavy atom. The van der Waals surface area contributed by atoms with Crippen LogP contribution in [0, 0.1) is 23.7 Å². The molecule has 2 heteroatoms. The molecule has 4 saturated carbocycles. The first-order valence-corrected chi connectivity index (χ1v) is 7.92. The van der Waals surface area contributed by atoms with Crippen LogP contribution < -0.4 is 0 Å². The average molecular weight is 248 g/mol. The second-order valence-electron chi connectivity index (χ2n) is 6.60. The molecule has 4 aliphatic rings. The van der Waals surface area contributed by atoms with Crippen molar-refractivity contribution in [3.63, 3.8) is 0 Å². The lowest BCUT2D eigenvalue weighted by molar-refractivity contribution is -0.171. The van der Waals surface area contributed by atoms with Crippen LogP contribution in [0.15, 0.2) is 16.8 Å². The summed E-state index contributed by atoms with van der Waals surface area (Å²) in [5, 5.41) is 15.5. The Balaban J connectivity index is 1.64. The SMILES string of the molecule is OC1(Cc2ccsc2)C2CC3CC(C2)CC1C3. The van der Waals surface area contributed by atoms with Crippen LogP contribution in [-0.2, 0) is 6.42 Å². The largest absolute Gasteiger partial charge is 0.389 e. The maximum atomic E-state index is 11.2. The zero-order valence-corrected chi connectivity index (χ0v) is 11.0. The molecule has 0 saturated heterocycles. The highest BCUT2D eigenvalue weighted by atomic mass is 32.1. The minimum absolute atomic E-state index is 0.367. The first-order chi connectivity index (χ1) is 8.24. The summed E-state index contributed by atoms with van der Waals surface area (Å²) < 4.78 is 0. The van der Waals surface area contributed by atoms with E-state index >= 15 is 0 Å². The summed E-state index contributed by atoms with van der Waals surface area (Å²) in [5.41, 5.74) is 0.985. The Labute approximate surface area is 107 Å². The highest BCUT2D eigenvalue weighted by Gasteiger charge is 2.56. The van der Waals surface area contributed by atoms with Gasteiger partial charge in [0.2, 0.25) is 0 Å². The summed E-state index contributed by atoms with van der Waals surface area (Å²) >= 11 is 1.75. The fourth-order valence-corrected chi connectivity index (χ4v) is 5.68. The van der Waals surface area contributed by atoms with Gasteiger partial charge in [-0.15, -0.1) is 0 Å². The normalized spacial score (nSPS) is 47.6. The Hall–Kier alpha value is -0.340. The van der Waals surface area contributed by atoms with Crippen molar-refractivity contribution in [1.82, 2.24) is 0 Å². The first kappa shape index (κ1) is 10.6. The number of hydrogen-bond acceptors (Lipinski definition) is 2. The number of thiophene rings is 1. The second kappa shape index (κ2) is 3.58. The molecule has 0 unspecified atom stereocenters. The molecule has 0 aromatic carbocycles. The van der Waals surface area contributed by atoms with E-state index in [-0.39, 0.29) is 5.60 Å². The standard InChI is InChI=1S/C15H20OS/c16-15(8-10-1-2-17-9-10)13-4-11-3-12(6-13)7-14(15)5-11/h1-2,9,11-14,16H,3-8H2. The summed E-state index contributed by atoms with van der Waals surface area (Å²) in [6, 6.07) is 2.19. The molecule has 17 heavy (non-hydrogen) atoms. The number of rotatable bonds is 2. The van der Waals surface area contributed by atoms with E-state index in [9.17, 15) is 5.11 Å². The van der Waals surface area contributed by atoms with Crippen molar-refractivity contribution in [3.05, 3.63) is 22.4 Å². The topological polar surface area (TPSA) is 20.2 Å². The molecule has 92 valence electrons. The lowest BCUT2D eigenvalue weighted by atomic mass is 9.49. The summed E-state index contributed by atoms with van der Waals surface area (Å²) in [5.74, 6) is 3.08.